The Morgan fingerprint density at radius 1 is 1.47 bits per heavy atom. The van der Waals surface area contributed by atoms with E-state index in [0.29, 0.717) is 18.8 Å². The molecule has 5 nitrogen and oxygen atoms in total. The maximum atomic E-state index is 13.1. The zero-order chi connectivity index (χ0) is 14.5. The minimum Gasteiger partial charge on any atom is -0.493 e. The van der Waals surface area contributed by atoms with E-state index in [0.717, 1.165) is 6.07 Å². The molecule has 3 N–H and O–H groups in total. The van der Waals surface area contributed by atoms with Crippen LogP contribution in [0, 0.1) is 5.82 Å². The third-order valence-corrected chi connectivity index (χ3v) is 2.84. The van der Waals surface area contributed by atoms with Gasteiger partial charge in [-0.05, 0) is 32.0 Å². The van der Waals surface area contributed by atoms with E-state index in [-0.39, 0.29) is 17.0 Å². The summed E-state index contributed by atoms with van der Waals surface area (Å²) in [6, 6.07) is 3.86. The van der Waals surface area contributed by atoms with Crippen LogP contribution >= 0.6 is 0 Å². The minimum atomic E-state index is -0.480. The topological polar surface area (TPSA) is 77.1 Å². The fraction of sp³-hybridized carbons (Fsp3) is 0.462. The van der Waals surface area contributed by atoms with Gasteiger partial charge in [-0.25, -0.2) is 4.39 Å². The molecule has 0 radical (unpaired) electrons. The van der Waals surface area contributed by atoms with Gasteiger partial charge in [-0.3, -0.25) is 0 Å². The highest BCUT2D eigenvalue weighted by molar-refractivity contribution is 5.99. The van der Waals surface area contributed by atoms with Gasteiger partial charge in [0.15, 0.2) is 5.84 Å². The lowest BCUT2D eigenvalue weighted by molar-refractivity contribution is 0.00543. The van der Waals surface area contributed by atoms with Crippen molar-refractivity contribution in [1.82, 2.24) is 0 Å². The van der Waals surface area contributed by atoms with Crippen LogP contribution in [0.5, 0.6) is 5.75 Å². The van der Waals surface area contributed by atoms with Crippen molar-refractivity contribution in [2.45, 2.75) is 25.9 Å². The molecular formula is C13H19FN2O3. The fourth-order valence-corrected chi connectivity index (χ4v) is 1.39. The zero-order valence-corrected chi connectivity index (χ0v) is 11.3. The molecule has 0 fully saturated rings. The minimum absolute atomic E-state index is 0.194. The number of hydrogen-bond acceptors (Lipinski definition) is 4. The van der Waals surface area contributed by atoms with Crippen LogP contribution in [0.1, 0.15) is 25.8 Å². The summed E-state index contributed by atoms with van der Waals surface area (Å²) < 4.78 is 23.9. The number of hydrogen-bond donors (Lipinski definition) is 2. The second-order valence-corrected chi connectivity index (χ2v) is 4.69. The van der Waals surface area contributed by atoms with Crippen LogP contribution in [-0.2, 0) is 4.74 Å². The average molecular weight is 270 g/mol. The van der Waals surface area contributed by atoms with E-state index in [1.807, 2.05) is 13.8 Å². The molecule has 1 rings (SSSR count). The first-order valence-electron chi connectivity index (χ1n) is 5.85. The lowest BCUT2D eigenvalue weighted by Crippen LogP contribution is -2.25. The molecule has 1 aromatic rings. The van der Waals surface area contributed by atoms with Crippen LogP contribution in [0.3, 0.4) is 0 Å². The highest BCUT2D eigenvalue weighted by atomic mass is 19.1. The van der Waals surface area contributed by atoms with Crippen LogP contribution in [0.2, 0.25) is 0 Å². The number of amidine groups is 1. The number of nitrogens with zero attached hydrogens (tertiary/aromatic N) is 1. The first kappa shape index (κ1) is 15.2. The van der Waals surface area contributed by atoms with Crippen LogP contribution in [0.15, 0.2) is 23.4 Å². The van der Waals surface area contributed by atoms with Crippen molar-refractivity contribution in [2.75, 3.05) is 13.7 Å². The lowest BCUT2D eigenvalue weighted by atomic mass is 10.1. The summed E-state index contributed by atoms with van der Waals surface area (Å²) in [5.74, 6) is -0.310. The summed E-state index contributed by atoms with van der Waals surface area (Å²) in [6.45, 7) is 4.25. The van der Waals surface area contributed by atoms with Crippen molar-refractivity contribution in [3.63, 3.8) is 0 Å². The van der Waals surface area contributed by atoms with Gasteiger partial charge in [0.1, 0.15) is 11.6 Å². The maximum absolute atomic E-state index is 13.1. The van der Waals surface area contributed by atoms with E-state index < -0.39 is 5.82 Å². The summed E-state index contributed by atoms with van der Waals surface area (Å²) in [6.07, 6.45) is 0.649. The SMILES string of the molecule is COC(C)(C)CCOc1ccc(F)cc1/C(N)=N/O. The van der Waals surface area contributed by atoms with Gasteiger partial charge in [0, 0.05) is 13.5 Å². The predicted octanol–water partition coefficient (Wildman–Crippen LogP) is 2.11. The molecule has 0 saturated heterocycles. The lowest BCUT2D eigenvalue weighted by Gasteiger charge is -2.23. The average Bonchev–Trinajstić information content (AvgIpc) is 2.39. The first-order chi connectivity index (χ1) is 8.89. The van der Waals surface area contributed by atoms with Gasteiger partial charge in [-0.15, -0.1) is 0 Å². The van der Waals surface area contributed by atoms with Gasteiger partial charge in [0.25, 0.3) is 0 Å². The number of rotatable bonds is 6. The van der Waals surface area contributed by atoms with Crippen molar-refractivity contribution in [1.29, 1.82) is 0 Å². The fourth-order valence-electron chi connectivity index (χ4n) is 1.39. The molecule has 0 aliphatic carbocycles. The first-order valence-corrected chi connectivity index (χ1v) is 5.85. The molecular weight excluding hydrogens is 251 g/mol. The molecule has 106 valence electrons. The highest BCUT2D eigenvalue weighted by Gasteiger charge is 2.17. The normalized spacial score (nSPS) is 12.5. The van der Waals surface area contributed by atoms with Crippen LogP contribution in [0.25, 0.3) is 0 Å². The summed E-state index contributed by atoms with van der Waals surface area (Å²) in [5, 5.41) is 11.5. The van der Waals surface area contributed by atoms with E-state index in [1.165, 1.54) is 12.1 Å². The van der Waals surface area contributed by atoms with Crippen molar-refractivity contribution in [2.24, 2.45) is 10.9 Å². The van der Waals surface area contributed by atoms with E-state index in [4.69, 9.17) is 20.4 Å². The zero-order valence-electron chi connectivity index (χ0n) is 11.3. The summed E-state index contributed by atoms with van der Waals surface area (Å²) >= 11 is 0. The van der Waals surface area contributed by atoms with Crippen LogP contribution in [0.4, 0.5) is 4.39 Å². The number of nitrogens with two attached hydrogens (primary N) is 1. The molecule has 0 aromatic heterocycles. The quantitative estimate of drug-likeness (QED) is 0.359. The third kappa shape index (κ3) is 4.40. The van der Waals surface area contributed by atoms with E-state index in [9.17, 15) is 4.39 Å². The number of benzene rings is 1. The standard InChI is InChI=1S/C13H19FN2O3/c1-13(2,18-3)6-7-19-11-5-4-9(14)8-10(11)12(15)16-17/h4-5,8,17H,6-7H2,1-3H3,(H2,15,16). The molecule has 19 heavy (non-hydrogen) atoms. The van der Waals surface area contributed by atoms with Gasteiger partial charge >= 0.3 is 0 Å². The smallest absolute Gasteiger partial charge is 0.173 e. The Balaban J connectivity index is 2.79. The molecule has 0 aliphatic rings. The van der Waals surface area contributed by atoms with E-state index in [2.05, 4.69) is 5.16 Å². The Labute approximate surface area is 111 Å². The summed E-state index contributed by atoms with van der Waals surface area (Å²) in [7, 11) is 1.62. The van der Waals surface area contributed by atoms with Gasteiger partial charge in [0.2, 0.25) is 0 Å². The predicted molar refractivity (Wildman–Crippen MR) is 70.1 cm³/mol. The molecule has 0 amide bonds. The third-order valence-electron chi connectivity index (χ3n) is 2.84. The molecule has 1 aromatic carbocycles. The monoisotopic (exact) mass is 270 g/mol. The largest absolute Gasteiger partial charge is 0.493 e. The molecule has 6 heteroatoms. The molecule has 0 heterocycles. The Bertz CT molecular complexity index is 461. The van der Waals surface area contributed by atoms with Crippen molar-refractivity contribution >= 4 is 5.84 Å². The molecule has 0 atom stereocenters. The molecule has 0 spiro atoms. The van der Waals surface area contributed by atoms with Gasteiger partial charge in [-0.2, -0.15) is 0 Å². The number of oxime groups is 1. The summed E-state index contributed by atoms with van der Waals surface area (Å²) in [4.78, 5) is 0. The van der Waals surface area contributed by atoms with Crippen molar-refractivity contribution < 1.29 is 19.1 Å². The Morgan fingerprint density at radius 2 is 2.16 bits per heavy atom. The summed E-state index contributed by atoms with van der Waals surface area (Å²) in [5.41, 5.74) is 5.39. The molecule has 0 aliphatic heterocycles. The second-order valence-electron chi connectivity index (χ2n) is 4.69. The maximum Gasteiger partial charge on any atom is 0.173 e. The number of methoxy groups -OCH3 is 1. The number of halogens is 1. The van der Waals surface area contributed by atoms with Crippen molar-refractivity contribution in [3.05, 3.63) is 29.6 Å². The van der Waals surface area contributed by atoms with Crippen molar-refractivity contribution in [3.8, 4) is 5.75 Å². The van der Waals surface area contributed by atoms with E-state index >= 15 is 0 Å². The second kappa shape index (κ2) is 6.38. The van der Waals surface area contributed by atoms with Gasteiger partial charge < -0.3 is 20.4 Å². The Kier molecular flexibility index (Phi) is 5.11. The van der Waals surface area contributed by atoms with Crippen LogP contribution in [-0.4, -0.2) is 30.4 Å². The van der Waals surface area contributed by atoms with Gasteiger partial charge in [-0.1, -0.05) is 5.16 Å². The molecule has 0 bridgehead atoms. The molecule has 0 unspecified atom stereocenters. The number of ether oxygens (including phenoxy) is 2. The Morgan fingerprint density at radius 3 is 2.74 bits per heavy atom. The van der Waals surface area contributed by atoms with E-state index in [1.54, 1.807) is 7.11 Å². The van der Waals surface area contributed by atoms with Gasteiger partial charge in [0.05, 0.1) is 17.8 Å². The van der Waals surface area contributed by atoms with Crippen LogP contribution < -0.4 is 10.5 Å². The Hall–Kier alpha value is -1.82. The molecule has 0 saturated carbocycles. The highest BCUT2D eigenvalue weighted by Crippen LogP contribution is 2.21.